The molecule has 0 bridgehead atoms. The van der Waals surface area contributed by atoms with Crippen LogP contribution in [0.4, 0.5) is 0 Å². The van der Waals surface area contributed by atoms with Crippen LogP contribution in [0.2, 0.25) is 0 Å². The molecule has 11 aromatic rings. The van der Waals surface area contributed by atoms with Crippen LogP contribution < -0.4 is 36.2 Å². The van der Waals surface area contributed by atoms with Gasteiger partial charge in [-0.3, -0.25) is 0 Å². The number of aliphatic carboxylic acids is 2. The van der Waals surface area contributed by atoms with Crippen molar-refractivity contribution in [1.29, 1.82) is 0 Å². The Bertz CT molecular complexity index is 3070. The van der Waals surface area contributed by atoms with Crippen LogP contribution in [0.15, 0.2) is 334 Å². The van der Waals surface area contributed by atoms with E-state index in [1.807, 2.05) is 72.8 Å². The van der Waals surface area contributed by atoms with E-state index < -0.39 is 60.2 Å². The van der Waals surface area contributed by atoms with Crippen LogP contribution in [0.3, 0.4) is 0 Å². The number of hydrogen-bond donors (Lipinski definition) is 2. The van der Waals surface area contributed by atoms with Crippen molar-refractivity contribution in [3.8, 4) is 0 Å². The third-order valence-corrected chi connectivity index (χ3v) is 46.4. The normalized spacial score (nSPS) is 11.9. The minimum absolute atomic E-state index is 0.0999. The van der Waals surface area contributed by atoms with Crippen molar-refractivity contribution in [2.45, 2.75) is 22.3 Å². The number of benzene rings is 11. The summed E-state index contributed by atoms with van der Waals surface area (Å²) in [5.41, 5.74) is 2.19. The molecule has 0 aliphatic rings. The van der Waals surface area contributed by atoms with Gasteiger partial charge < -0.3 is 0 Å². The van der Waals surface area contributed by atoms with Crippen molar-refractivity contribution in [3.63, 3.8) is 0 Å². The molecule has 0 saturated carbocycles. The molecule has 388 valence electrons. The second kappa shape index (κ2) is 28.3. The van der Waals surface area contributed by atoms with Gasteiger partial charge in [0.1, 0.15) is 0 Å². The van der Waals surface area contributed by atoms with E-state index in [0.717, 1.165) is 11.1 Å². The summed E-state index contributed by atoms with van der Waals surface area (Å²) in [7, 11) is 0. The van der Waals surface area contributed by atoms with E-state index in [1.165, 1.54) is 36.2 Å². The maximum atomic E-state index is 12.2. The number of carboxylic acid groups (broad SMARTS) is 2. The van der Waals surface area contributed by atoms with Gasteiger partial charge in [0.15, 0.2) is 0 Å². The zero-order chi connectivity index (χ0) is 54.5. The van der Waals surface area contributed by atoms with Gasteiger partial charge in [0.05, 0.1) is 0 Å². The van der Waals surface area contributed by atoms with Crippen LogP contribution in [0.5, 0.6) is 0 Å². The summed E-state index contributed by atoms with van der Waals surface area (Å²) in [5.74, 6) is -1.52. The summed E-state index contributed by atoms with van der Waals surface area (Å²) in [4.78, 5) is 24.3. The quantitative estimate of drug-likeness (QED) is 0.0892. The van der Waals surface area contributed by atoms with Gasteiger partial charge in [-0.25, -0.2) is 0 Å². The van der Waals surface area contributed by atoms with Crippen molar-refractivity contribution in [1.82, 2.24) is 0 Å². The van der Waals surface area contributed by atoms with Crippen LogP contribution >= 0.6 is 0 Å². The van der Waals surface area contributed by atoms with Gasteiger partial charge in [-0.15, -0.1) is 0 Å². The predicted octanol–water partition coefficient (Wildman–Crippen LogP) is 10.1. The molecule has 0 aliphatic heterocycles. The third kappa shape index (κ3) is 13.4. The Hall–Kier alpha value is -7.67. The molecule has 7 heteroatoms. The number of carbonyl (C=O) groups is 2. The molecule has 0 spiro atoms. The van der Waals surface area contributed by atoms with E-state index in [1.54, 1.807) is 0 Å². The average molecular weight is 1350 g/mol. The van der Waals surface area contributed by atoms with Gasteiger partial charge in [0, 0.05) is 0 Å². The molecule has 0 aliphatic carbocycles. The summed E-state index contributed by atoms with van der Waals surface area (Å²) >= 11 is -9.00. The van der Waals surface area contributed by atoms with E-state index in [4.69, 9.17) is 0 Å². The number of carboxylic acids is 2. The Labute approximate surface area is 479 Å². The van der Waals surface area contributed by atoms with Gasteiger partial charge >= 0.3 is 483 Å². The molecule has 0 fully saturated rings. The third-order valence-electron chi connectivity index (χ3n) is 14.6. The Balaban J connectivity index is 0.000000148. The summed E-state index contributed by atoms with van der Waals surface area (Å²) in [6.07, 6.45) is 0.200. The van der Waals surface area contributed by atoms with Crippen molar-refractivity contribution in [3.05, 3.63) is 345 Å². The van der Waals surface area contributed by atoms with Gasteiger partial charge in [0.25, 0.3) is 0 Å². The van der Waals surface area contributed by atoms with Crippen molar-refractivity contribution in [2.75, 3.05) is 0 Å². The predicted molar refractivity (Wildman–Crippen MR) is 335 cm³/mol. The van der Waals surface area contributed by atoms with Gasteiger partial charge in [0.2, 0.25) is 0 Å². The Morgan fingerprint density at radius 2 is 0.430 bits per heavy atom. The van der Waals surface area contributed by atoms with Crippen LogP contribution in [-0.4, -0.2) is 70.4 Å². The van der Waals surface area contributed by atoms with Crippen molar-refractivity contribution < 1.29 is 19.8 Å². The summed E-state index contributed by atoms with van der Waals surface area (Å²) < 4.78 is 12.0. The maximum absolute atomic E-state index is 12.2. The first kappa shape index (κ1) is 56.1. The fraction of sp³-hybridized carbons (Fsp3) is 0.0556. The van der Waals surface area contributed by atoms with E-state index in [-0.39, 0.29) is 22.3 Å². The fourth-order valence-electron chi connectivity index (χ4n) is 11.4. The van der Waals surface area contributed by atoms with Crippen LogP contribution in [0.25, 0.3) is 0 Å². The molecule has 11 aromatic carbocycles. The summed E-state index contributed by atoms with van der Waals surface area (Å²) in [5, 5.41) is 20.0. The summed E-state index contributed by atoms with van der Waals surface area (Å²) in [6, 6.07) is 117. The topological polar surface area (TPSA) is 74.6 Å². The molecule has 2 N–H and O–H groups in total. The molecule has 0 radical (unpaired) electrons. The Kier molecular flexibility index (Phi) is 20.1. The summed E-state index contributed by atoms with van der Waals surface area (Å²) in [6.45, 7) is 0. The van der Waals surface area contributed by atoms with Crippen LogP contribution in [0.1, 0.15) is 33.5 Å². The molecule has 0 amide bonds. The molecule has 0 aromatic heterocycles. The average Bonchev–Trinajstić information content (AvgIpc) is 3.70. The number of hydrogen-bond acceptors (Lipinski definition) is 2. The van der Waals surface area contributed by atoms with E-state index in [0.29, 0.717) is 0 Å². The molecule has 0 saturated heterocycles. The van der Waals surface area contributed by atoms with Crippen LogP contribution in [-0.2, 0) is 9.59 Å². The van der Waals surface area contributed by atoms with E-state index >= 15 is 0 Å². The molecule has 0 heterocycles. The van der Waals surface area contributed by atoms with Gasteiger partial charge in [-0.2, -0.15) is 0 Å². The standard InChI is InChI=1S/2C27H24GeO2.3C6H5.Bi/c2*29-27(30)21-26(22-13-5-1-6-14-22)28(23-15-7-2-8-16-23,24-17-9-3-10-18-24)25-19-11-4-12-20-25;3*1-2-4-6-5-3-1;/h2*1-20,26H,21H2,(H,29,30);3*1-5H;. The van der Waals surface area contributed by atoms with Gasteiger partial charge in [-0.1, -0.05) is 0 Å². The monoisotopic (exact) mass is 1350 g/mol. The van der Waals surface area contributed by atoms with Gasteiger partial charge in [-0.05, 0) is 0 Å². The van der Waals surface area contributed by atoms with E-state index in [2.05, 4.69) is 261 Å². The van der Waals surface area contributed by atoms with Crippen molar-refractivity contribution >= 4 is 96.4 Å². The molecule has 4 nitrogen and oxygen atoms in total. The SMILES string of the molecule is O=C(O)C[CH](c1ccccc1)[Ge]([c]1ccccc1)([c]1ccccc1)[c]1ccccc1.O=C(O)C[CH](c1ccccc1)[Ge]([c]1ccccc1)([c]1ccccc1)[c]1ccccc1.c1cc[c]([Bi]([c]2ccccc2)[c]2ccccc2)cc1. The molecule has 79 heavy (non-hydrogen) atoms. The molecule has 2 atom stereocenters. The van der Waals surface area contributed by atoms with Crippen molar-refractivity contribution in [2.24, 2.45) is 0 Å². The second-order valence-corrected chi connectivity index (χ2v) is 44.9. The number of rotatable bonds is 17. The molecular weight excluding hydrogens is 1280 g/mol. The molecule has 11 rings (SSSR count). The van der Waals surface area contributed by atoms with Crippen LogP contribution in [0, 0.1) is 0 Å². The zero-order valence-corrected chi connectivity index (χ0v) is 51.7. The zero-order valence-electron chi connectivity index (χ0n) is 44.0. The molecule has 2 unspecified atom stereocenters. The first-order valence-corrected chi connectivity index (χ1v) is 40.7. The second-order valence-electron chi connectivity index (χ2n) is 19.3. The van der Waals surface area contributed by atoms with E-state index in [9.17, 15) is 19.8 Å². The first-order valence-electron chi connectivity index (χ1n) is 26.7. The Morgan fingerprint density at radius 1 is 0.266 bits per heavy atom. The molecular formula is C72H63BiGe2O4. The fourth-order valence-corrected chi connectivity index (χ4v) is 43.5. The minimum atomic E-state index is -3.47. The first-order chi connectivity index (χ1) is 38.9. The Morgan fingerprint density at radius 3 is 0.608 bits per heavy atom.